The Morgan fingerprint density at radius 1 is 1.33 bits per heavy atom. The molecule has 2 atom stereocenters. The molecular formula is C14H20N4O3. The Hall–Kier alpha value is -1.89. The summed E-state index contributed by atoms with van der Waals surface area (Å²) < 4.78 is 0. The van der Waals surface area contributed by atoms with Gasteiger partial charge in [0.25, 0.3) is 11.6 Å². The van der Waals surface area contributed by atoms with Crippen LogP contribution in [0.5, 0.6) is 0 Å². The van der Waals surface area contributed by atoms with Gasteiger partial charge in [-0.25, -0.2) is 0 Å². The molecule has 2 aliphatic rings. The number of carbonyl (C=O) groups excluding carboxylic acids is 1. The molecule has 2 saturated heterocycles. The number of aromatic amines is 1. The Bertz CT molecular complexity index is 536. The summed E-state index contributed by atoms with van der Waals surface area (Å²) in [5.74, 6) is -0.124. The van der Waals surface area contributed by atoms with E-state index >= 15 is 0 Å². The SMILES string of the molecule is O=C(c1cc([N+](=O)[O-])c[nH]1)N1CCCCC1C1CCCN1. The smallest absolute Gasteiger partial charge is 0.287 e. The van der Waals surface area contributed by atoms with Gasteiger partial charge in [-0.05, 0) is 38.6 Å². The fourth-order valence-corrected chi connectivity index (χ4v) is 3.43. The zero-order valence-electron chi connectivity index (χ0n) is 11.9. The second-order valence-electron chi connectivity index (χ2n) is 5.79. The number of likely N-dealkylation sites (tertiary alicyclic amines) is 1. The van der Waals surface area contributed by atoms with E-state index in [0.717, 1.165) is 45.2 Å². The molecule has 2 N–H and O–H groups in total. The lowest BCUT2D eigenvalue weighted by atomic mass is 9.94. The maximum Gasteiger partial charge on any atom is 0.287 e. The van der Waals surface area contributed by atoms with E-state index in [9.17, 15) is 14.9 Å². The molecule has 1 amide bonds. The van der Waals surface area contributed by atoms with Crippen molar-refractivity contribution in [3.8, 4) is 0 Å². The number of nitrogens with zero attached hydrogens (tertiary/aromatic N) is 2. The molecule has 2 aliphatic heterocycles. The third-order valence-electron chi connectivity index (χ3n) is 4.48. The van der Waals surface area contributed by atoms with Gasteiger partial charge in [0, 0.05) is 24.7 Å². The van der Waals surface area contributed by atoms with Crippen LogP contribution in [0.15, 0.2) is 12.3 Å². The topological polar surface area (TPSA) is 91.3 Å². The first kappa shape index (κ1) is 14.1. The van der Waals surface area contributed by atoms with Crippen molar-refractivity contribution in [1.29, 1.82) is 0 Å². The summed E-state index contributed by atoms with van der Waals surface area (Å²) in [5, 5.41) is 14.2. The highest BCUT2D eigenvalue weighted by Crippen LogP contribution is 2.26. The van der Waals surface area contributed by atoms with Gasteiger partial charge in [-0.2, -0.15) is 0 Å². The van der Waals surface area contributed by atoms with Crippen molar-refractivity contribution in [3.05, 3.63) is 28.1 Å². The average Bonchev–Trinajstić information content (AvgIpc) is 3.18. The van der Waals surface area contributed by atoms with Gasteiger partial charge >= 0.3 is 0 Å². The van der Waals surface area contributed by atoms with Crippen molar-refractivity contribution >= 4 is 11.6 Å². The molecule has 21 heavy (non-hydrogen) atoms. The standard InChI is InChI=1S/C14H20N4O3/c19-14(12-8-10(9-16-12)18(20)21)17-7-2-1-5-13(17)11-4-3-6-15-11/h8-9,11,13,15-16H,1-7H2. The fraction of sp³-hybridized carbons (Fsp3) is 0.643. The molecule has 0 aromatic carbocycles. The van der Waals surface area contributed by atoms with Crippen LogP contribution in [0.4, 0.5) is 5.69 Å². The molecule has 7 heteroatoms. The van der Waals surface area contributed by atoms with Crippen molar-refractivity contribution in [2.45, 2.75) is 44.2 Å². The molecule has 7 nitrogen and oxygen atoms in total. The van der Waals surface area contributed by atoms with Gasteiger partial charge in [0.2, 0.25) is 0 Å². The highest BCUT2D eigenvalue weighted by atomic mass is 16.6. The Morgan fingerprint density at radius 2 is 2.19 bits per heavy atom. The average molecular weight is 292 g/mol. The quantitative estimate of drug-likeness (QED) is 0.655. The fourth-order valence-electron chi connectivity index (χ4n) is 3.43. The number of nitro groups is 1. The maximum atomic E-state index is 12.6. The Labute approximate surface area is 122 Å². The Kier molecular flexibility index (Phi) is 3.92. The number of amides is 1. The maximum absolute atomic E-state index is 12.6. The monoisotopic (exact) mass is 292 g/mol. The molecular weight excluding hydrogens is 272 g/mol. The number of carbonyl (C=O) groups is 1. The normalized spacial score (nSPS) is 26.0. The molecule has 3 rings (SSSR count). The van der Waals surface area contributed by atoms with Gasteiger partial charge in [0.15, 0.2) is 0 Å². The van der Waals surface area contributed by atoms with E-state index in [0.29, 0.717) is 11.7 Å². The minimum Gasteiger partial charge on any atom is -0.351 e. The zero-order valence-corrected chi connectivity index (χ0v) is 11.9. The van der Waals surface area contributed by atoms with Crippen molar-refractivity contribution in [2.75, 3.05) is 13.1 Å². The third-order valence-corrected chi connectivity index (χ3v) is 4.48. The zero-order chi connectivity index (χ0) is 14.8. The van der Waals surface area contributed by atoms with Crippen LogP contribution in [-0.2, 0) is 0 Å². The van der Waals surface area contributed by atoms with Gasteiger partial charge in [-0.3, -0.25) is 14.9 Å². The molecule has 0 spiro atoms. The van der Waals surface area contributed by atoms with Crippen LogP contribution in [0.2, 0.25) is 0 Å². The Balaban J connectivity index is 1.78. The number of nitrogens with one attached hydrogen (secondary N) is 2. The van der Waals surface area contributed by atoms with Crippen LogP contribution in [0.3, 0.4) is 0 Å². The molecule has 0 saturated carbocycles. The summed E-state index contributed by atoms with van der Waals surface area (Å²) in [6.45, 7) is 1.74. The van der Waals surface area contributed by atoms with Gasteiger partial charge < -0.3 is 15.2 Å². The molecule has 0 radical (unpaired) electrons. The van der Waals surface area contributed by atoms with Crippen LogP contribution in [0.1, 0.15) is 42.6 Å². The molecule has 3 heterocycles. The minimum absolute atomic E-state index is 0.0640. The van der Waals surface area contributed by atoms with E-state index in [-0.39, 0.29) is 17.6 Å². The van der Waals surface area contributed by atoms with Crippen molar-refractivity contribution in [3.63, 3.8) is 0 Å². The molecule has 0 bridgehead atoms. The second kappa shape index (κ2) is 5.85. The number of rotatable bonds is 3. The molecule has 1 aromatic rings. The molecule has 1 aromatic heterocycles. The van der Waals surface area contributed by atoms with Gasteiger partial charge in [-0.1, -0.05) is 0 Å². The summed E-state index contributed by atoms with van der Waals surface area (Å²) in [4.78, 5) is 27.5. The number of hydrogen-bond donors (Lipinski definition) is 2. The first-order valence-corrected chi connectivity index (χ1v) is 7.54. The predicted octanol–water partition coefficient (Wildman–Crippen LogP) is 1.67. The summed E-state index contributed by atoms with van der Waals surface area (Å²) >= 11 is 0. The van der Waals surface area contributed by atoms with E-state index < -0.39 is 4.92 Å². The minimum atomic E-state index is -0.487. The van der Waals surface area contributed by atoms with Gasteiger partial charge in [-0.15, -0.1) is 0 Å². The van der Waals surface area contributed by atoms with E-state index in [1.165, 1.54) is 12.3 Å². The predicted molar refractivity (Wildman–Crippen MR) is 77.1 cm³/mol. The van der Waals surface area contributed by atoms with Crippen LogP contribution in [0, 0.1) is 10.1 Å². The molecule has 0 aliphatic carbocycles. The highest BCUT2D eigenvalue weighted by molar-refractivity contribution is 5.93. The molecule has 2 fully saturated rings. The van der Waals surface area contributed by atoms with Crippen LogP contribution < -0.4 is 5.32 Å². The molecule has 114 valence electrons. The second-order valence-corrected chi connectivity index (χ2v) is 5.79. The first-order valence-electron chi connectivity index (χ1n) is 7.54. The lowest BCUT2D eigenvalue weighted by Gasteiger charge is -2.39. The first-order chi connectivity index (χ1) is 10.2. The summed E-state index contributed by atoms with van der Waals surface area (Å²) in [6, 6.07) is 1.89. The lowest BCUT2D eigenvalue weighted by Crippen LogP contribution is -2.52. The van der Waals surface area contributed by atoms with Gasteiger partial charge in [0.1, 0.15) is 5.69 Å². The van der Waals surface area contributed by atoms with E-state index in [4.69, 9.17) is 0 Å². The van der Waals surface area contributed by atoms with Crippen molar-refractivity contribution in [2.24, 2.45) is 0 Å². The molecule has 2 unspecified atom stereocenters. The van der Waals surface area contributed by atoms with Crippen LogP contribution in [0.25, 0.3) is 0 Å². The van der Waals surface area contributed by atoms with Crippen molar-refractivity contribution in [1.82, 2.24) is 15.2 Å². The van der Waals surface area contributed by atoms with E-state index in [1.54, 1.807) is 0 Å². The third kappa shape index (κ3) is 2.78. The number of aromatic nitrogens is 1. The number of piperidine rings is 1. The largest absolute Gasteiger partial charge is 0.351 e. The lowest BCUT2D eigenvalue weighted by molar-refractivity contribution is -0.384. The number of hydrogen-bond acceptors (Lipinski definition) is 4. The van der Waals surface area contributed by atoms with Crippen LogP contribution in [-0.4, -0.2) is 45.9 Å². The highest BCUT2D eigenvalue weighted by Gasteiger charge is 2.35. The van der Waals surface area contributed by atoms with Crippen LogP contribution >= 0.6 is 0 Å². The van der Waals surface area contributed by atoms with E-state index in [2.05, 4.69) is 10.3 Å². The number of H-pyrrole nitrogens is 1. The Morgan fingerprint density at radius 3 is 2.86 bits per heavy atom. The van der Waals surface area contributed by atoms with E-state index in [1.807, 2.05) is 4.90 Å². The van der Waals surface area contributed by atoms with Gasteiger partial charge in [0.05, 0.1) is 11.1 Å². The summed E-state index contributed by atoms with van der Waals surface area (Å²) in [6.07, 6.45) is 6.66. The van der Waals surface area contributed by atoms with Crippen molar-refractivity contribution < 1.29 is 9.72 Å². The summed E-state index contributed by atoms with van der Waals surface area (Å²) in [7, 11) is 0. The summed E-state index contributed by atoms with van der Waals surface area (Å²) in [5.41, 5.74) is 0.248.